The Morgan fingerprint density at radius 3 is 1.96 bits per heavy atom. The molecule has 1 aromatic carbocycles. The van der Waals surface area contributed by atoms with Crippen LogP contribution in [0.1, 0.15) is 77.7 Å². The van der Waals surface area contributed by atoms with Gasteiger partial charge in [-0.05, 0) is 38.3 Å². The van der Waals surface area contributed by atoms with Crippen molar-refractivity contribution in [3.63, 3.8) is 0 Å². The number of phosphoric ester groups is 1. The first-order chi connectivity index (χ1) is 12.1. The Labute approximate surface area is 153 Å². The normalized spacial score (nSPS) is 11.6. The van der Waals surface area contributed by atoms with E-state index in [0.29, 0.717) is 5.75 Å². The molecule has 0 unspecified atom stereocenters. The molecule has 0 aliphatic carbocycles. The van der Waals surface area contributed by atoms with Gasteiger partial charge in [-0.3, -0.25) is 9.05 Å². The lowest BCUT2D eigenvalue weighted by molar-refractivity contribution is 0.167. The molecule has 0 N–H and O–H groups in total. The second-order valence-electron chi connectivity index (χ2n) is 6.21. The van der Waals surface area contributed by atoms with E-state index in [1.165, 1.54) is 44.9 Å². The van der Waals surface area contributed by atoms with Gasteiger partial charge in [-0.1, -0.05) is 70.1 Å². The van der Waals surface area contributed by atoms with Gasteiger partial charge in [0.25, 0.3) is 0 Å². The van der Waals surface area contributed by atoms with Crippen LogP contribution in [-0.4, -0.2) is 13.2 Å². The van der Waals surface area contributed by atoms with E-state index < -0.39 is 7.82 Å². The summed E-state index contributed by atoms with van der Waals surface area (Å²) in [5, 5.41) is 0. The van der Waals surface area contributed by atoms with E-state index >= 15 is 0 Å². The standard InChI is InChI=1S/C20H35O4P/c1-4-7-8-9-10-11-12-13-16-19-17-14-15-18-20(19)24-25(21,22-5-2)23-6-3/h14-15,17-18H,4-13,16H2,1-3H3. The summed E-state index contributed by atoms with van der Waals surface area (Å²) in [4.78, 5) is 0. The fourth-order valence-electron chi connectivity index (χ4n) is 2.78. The summed E-state index contributed by atoms with van der Waals surface area (Å²) in [5.74, 6) is 0.607. The molecule has 0 aliphatic rings. The van der Waals surface area contributed by atoms with E-state index in [0.717, 1.165) is 18.4 Å². The summed E-state index contributed by atoms with van der Waals surface area (Å²) in [6.07, 6.45) is 11.2. The van der Waals surface area contributed by atoms with Crippen molar-refractivity contribution in [2.24, 2.45) is 0 Å². The topological polar surface area (TPSA) is 44.8 Å². The Kier molecular flexibility index (Phi) is 11.9. The highest BCUT2D eigenvalue weighted by atomic mass is 31.2. The monoisotopic (exact) mass is 370 g/mol. The summed E-state index contributed by atoms with van der Waals surface area (Å²) in [5.41, 5.74) is 1.06. The fourth-order valence-corrected chi connectivity index (χ4v) is 4.01. The molecular weight excluding hydrogens is 335 g/mol. The van der Waals surface area contributed by atoms with E-state index in [-0.39, 0.29) is 13.2 Å². The van der Waals surface area contributed by atoms with Crippen molar-refractivity contribution in [3.8, 4) is 5.75 Å². The second-order valence-corrected chi connectivity index (χ2v) is 7.80. The lowest BCUT2D eigenvalue weighted by Crippen LogP contribution is -2.04. The van der Waals surface area contributed by atoms with Crippen LogP contribution in [0.5, 0.6) is 5.75 Å². The summed E-state index contributed by atoms with van der Waals surface area (Å²) in [6.45, 7) is 6.38. The number of unbranched alkanes of at least 4 members (excludes halogenated alkanes) is 7. The molecule has 0 spiro atoms. The first-order valence-corrected chi connectivity index (χ1v) is 11.3. The molecule has 5 heteroatoms. The third-order valence-corrected chi connectivity index (χ3v) is 5.63. The van der Waals surface area contributed by atoms with Gasteiger partial charge in [-0.2, -0.15) is 0 Å². The second kappa shape index (κ2) is 13.4. The largest absolute Gasteiger partial charge is 0.530 e. The third kappa shape index (κ3) is 9.44. The first-order valence-electron chi connectivity index (χ1n) is 9.81. The molecule has 144 valence electrons. The Bertz CT molecular complexity index is 494. The smallest absolute Gasteiger partial charge is 0.404 e. The number of rotatable bonds is 15. The molecule has 25 heavy (non-hydrogen) atoms. The van der Waals surface area contributed by atoms with Gasteiger partial charge in [0.1, 0.15) is 5.75 Å². The van der Waals surface area contributed by atoms with Crippen molar-refractivity contribution in [1.82, 2.24) is 0 Å². The van der Waals surface area contributed by atoms with Crippen LogP contribution in [-0.2, 0) is 20.0 Å². The minimum atomic E-state index is -3.53. The van der Waals surface area contributed by atoms with Crippen molar-refractivity contribution >= 4 is 7.82 Å². The lowest BCUT2D eigenvalue weighted by atomic mass is 10.0. The molecule has 4 nitrogen and oxygen atoms in total. The number of para-hydroxylation sites is 1. The first kappa shape index (κ1) is 22.2. The van der Waals surface area contributed by atoms with E-state index in [1.807, 2.05) is 24.3 Å². The molecule has 0 amide bonds. The average Bonchev–Trinajstić information content (AvgIpc) is 2.59. The van der Waals surface area contributed by atoms with Crippen LogP contribution >= 0.6 is 7.82 Å². The highest BCUT2D eigenvalue weighted by Gasteiger charge is 2.28. The van der Waals surface area contributed by atoms with Crippen LogP contribution in [0.4, 0.5) is 0 Å². The summed E-state index contributed by atoms with van der Waals surface area (Å²) in [6, 6.07) is 7.73. The van der Waals surface area contributed by atoms with Gasteiger partial charge >= 0.3 is 7.82 Å². The zero-order valence-corrected chi connectivity index (χ0v) is 17.1. The zero-order chi connectivity index (χ0) is 18.4. The van der Waals surface area contributed by atoms with Gasteiger partial charge in [0.05, 0.1) is 13.2 Å². The van der Waals surface area contributed by atoms with Gasteiger partial charge in [0.2, 0.25) is 0 Å². The molecular formula is C20H35O4P. The molecule has 0 radical (unpaired) electrons. The molecule has 1 rings (SSSR count). The molecule has 0 aliphatic heterocycles. The molecule has 0 aromatic heterocycles. The van der Waals surface area contributed by atoms with E-state index in [9.17, 15) is 4.57 Å². The van der Waals surface area contributed by atoms with Gasteiger partial charge < -0.3 is 4.52 Å². The van der Waals surface area contributed by atoms with Crippen molar-refractivity contribution in [3.05, 3.63) is 29.8 Å². The number of benzene rings is 1. The highest BCUT2D eigenvalue weighted by Crippen LogP contribution is 2.50. The van der Waals surface area contributed by atoms with E-state index in [1.54, 1.807) is 13.8 Å². The summed E-state index contributed by atoms with van der Waals surface area (Å²) < 4.78 is 28.7. The van der Waals surface area contributed by atoms with E-state index in [2.05, 4.69) is 6.92 Å². The molecule has 0 atom stereocenters. The predicted octanol–water partition coefficient (Wildman–Crippen LogP) is 6.93. The summed E-state index contributed by atoms with van der Waals surface area (Å²) >= 11 is 0. The average molecular weight is 370 g/mol. The van der Waals surface area contributed by atoms with Crippen molar-refractivity contribution in [2.75, 3.05) is 13.2 Å². The molecule has 0 bridgehead atoms. The number of phosphoric acid groups is 1. The Balaban J connectivity index is 2.46. The van der Waals surface area contributed by atoms with E-state index in [4.69, 9.17) is 13.6 Å². The van der Waals surface area contributed by atoms with Crippen molar-refractivity contribution < 1.29 is 18.1 Å². The van der Waals surface area contributed by atoms with Crippen LogP contribution < -0.4 is 4.52 Å². The lowest BCUT2D eigenvalue weighted by Gasteiger charge is -2.19. The highest BCUT2D eigenvalue weighted by molar-refractivity contribution is 7.48. The Morgan fingerprint density at radius 2 is 1.36 bits per heavy atom. The van der Waals surface area contributed by atoms with Crippen LogP contribution in [0, 0.1) is 0 Å². The molecule has 0 fully saturated rings. The van der Waals surface area contributed by atoms with Gasteiger partial charge in [0, 0.05) is 0 Å². The van der Waals surface area contributed by atoms with Crippen molar-refractivity contribution in [1.29, 1.82) is 0 Å². The SMILES string of the molecule is CCCCCCCCCCc1ccccc1OP(=O)(OCC)OCC. The Morgan fingerprint density at radius 1 is 0.800 bits per heavy atom. The minimum Gasteiger partial charge on any atom is -0.404 e. The molecule has 0 saturated heterocycles. The maximum Gasteiger partial charge on any atom is 0.530 e. The van der Waals surface area contributed by atoms with Crippen LogP contribution in [0.3, 0.4) is 0 Å². The maximum atomic E-state index is 12.6. The third-order valence-electron chi connectivity index (χ3n) is 4.06. The van der Waals surface area contributed by atoms with Gasteiger partial charge in [-0.15, -0.1) is 0 Å². The minimum absolute atomic E-state index is 0.289. The van der Waals surface area contributed by atoms with Crippen LogP contribution in [0.25, 0.3) is 0 Å². The summed E-state index contributed by atoms with van der Waals surface area (Å²) in [7, 11) is -3.53. The van der Waals surface area contributed by atoms with Crippen LogP contribution in [0.2, 0.25) is 0 Å². The number of hydrogen-bond donors (Lipinski definition) is 0. The number of aryl methyl sites for hydroxylation is 1. The van der Waals surface area contributed by atoms with Gasteiger partial charge in [-0.25, -0.2) is 4.57 Å². The quantitative estimate of drug-likeness (QED) is 0.248. The maximum absolute atomic E-state index is 12.6. The Hall–Kier alpha value is -0.830. The zero-order valence-electron chi connectivity index (χ0n) is 16.2. The molecule has 0 heterocycles. The molecule has 1 aromatic rings. The predicted molar refractivity (Wildman–Crippen MR) is 104 cm³/mol. The van der Waals surface area contributed by atoms with Gasteiger partial charge in [0.15, 0.2) is 0 Å². The van der Waals surface area contributed by atoms with Crippen molar-refractivity contribution in [2.45, 2.75) is 78.6 Å². The fraction of sp³-hybridized carbons (Fsp3) is 0.700. The number of hydrogen-bond acceptors (Lipinski definition) is 4. The van der Waals surface area contributed by atoms with Crippen LogP contribution in [0.15, 0.2) is 24.3 Å². The molecule has 0 saturated carbocycles.